The second-order valence-electron chi connectivity index (χ2n) is 7.35. The van der Waals surface area contributed by atoms with Gasteiger partial charge in [0.1, 0.15) is 11.6 Å². The maximum Gasteiger partial charge on any atom is 0.254 e. The fourth-order valence-corrected chi connectivity index (χ4v) is 3.61. The van der Waals surface area contributed by atoms with Crippen LogP contribution in [0.2, 0.25) is 0 Å². The van der Waals surface area contributed by atoms with Crippen LogP contribution < -0.4 is 4.90 Å². The Morgan fingerprint density at radius 3 is 2.62 bits per heavy atom. The van der Waals surface area contributed by atoms with E-state index in [9.17, 15) is 9.90 Å². The molecule has 7 heteroatoms. The maximum absolute atomic E-state index is 13.1. The molecule has 1 amide bonds. The average molecular weight is 389 g/mol. The lowest BCUT2D eigenvalue weighted by Crippen LogP contribution is -2.37. The van der Waals surface area contributed by atoms with Gasteiger partial charge in [-0.3, -0.25) is 9.78 Å². The van der Waals surface area contributed by atoms with E-state index in [1.165, 1.54) is 0 Å². The molecule has 3 aromatic rings. The number of nitrogens with zero attached hydrogens (tertiary/aromatic N) is 5. The van der Waals surface area contributed by atoms with Crippen LogP contribution in [0.1, 0.15) is 27.2 Å². The minimum Gasteiger partial charge on any atom is -0.508 e. The van der Waals surface area contributed by atoms with Crippen molar-refractivity contribution < 1.29 is 9.90 Å². The fraction of sp³-hybridized carbons (Fsp3) is 0.273. The molecule has 1 aromatic carbocycles. The van der Waals surface area contributed by atoms with Gasteiger partial charge in [-0.05, 0) is 37.6 Å². The molecule has 0 spiro atoms. The zero-order valence-electron chi connectivity index (χ0n) is 16.8. The number of phenols is 1. The average Bonchev–Trinajstić information content (AvgIpc) is 2.74. The molecule has 2 aromatic heterocycles. The van der Waals surface area contributed by atoms with Crippen molar-refractivity contribution in [2.24, 2.45) is 0 Å². The Labute approximate surface area is 169 Å². The normalized spacial score (nSPS) is 13.1. The number of fused-ring (bicyclic) bond motifs is 1. The van der Waals surface area contributed by atoms with Crippen LogP contribution in [0.25, 0.3) is 11.4 Å². The van der Waals surface area contributed by atoms with Crippen LogP contribution in [-0.4, -0.2) is 51.5 Å². The van der Waals surface area contributed by atoms with Crippen LogP contribution in [0, 0.1) is 6.92 Å². The number of aromatic nitrogens is 3. The van der Waals surface area contributed by atoms with E-state index in [4.69, 9.17) is 9.97 Å². The summed E-state index contributed by atoms with van der Waals surface area (Å²) >= 11 is 0. The van der Waals surface area contributed by atoms with Crippen molar-refractivity contribution in [3.63, 3.8) is 0 Å². The predicted molar refractivity (Wildman–Crippen MR) is 111 cm³/mol. The molecule has 0 unspecified atom stereocenters. The highest BCUT2D eigenvalue weighted by molar-refractivity contribution is 5.96. The fourth-order valence-electron chi connectivity index (χ4n) is 3.61. The minimum absolute atomic E-state index is 0.0977. The van der Waals surface area contributed by atoms with E-state index in [-0.39, 0.29) is 11.7 Å². The van der Waals surface area contributed by atoms with Gasteiger partial charge in [-0.1, -0.05) is 6.07 Å². The second kappa shape index (κ2) is 7.50. The van der Waals surface area contributed by atoms with E-state index in [0.717, 1.165) is 22.6 Å². The van der Waals surface area contributed by atoms with Crippen LogP contribution in [-0.2, 0) is 13.0 Å². The first-order valence-electron chi connectivity index (χ1n) is 9.51. The van der Waals surface area contributed by atoms with Gasteiger partial charge in [-0.2, -0.15) is 0 Å². The maximum atomic E-state index is 13.1. The molecule has 0 bridgehead atoms. The summed E-state index contributed by atoms with van der Waals surface area (Å²) < 4.78 is 0. The quantitative estimate of drug-likeness (QED) is 0.742. The Balaban J connectivity index is 1.72. The topological polar surface area (TPSA) is 82.4 Å². The highest BCUT2D eigenvalue weighted by Crippen LogP contribution is 2.30. The van der Waals surface area contributed by atoms with E-state index in [1.807, 2.05) is 31.1 Å². The first-order valence-corrected chi connectivity index (χ1v) is 9.51. The van der Waals surface area contributed by atoms with Crippen molar-refractivity contribution in [1.29, 1.82) is 0 Å². The van der Waals surface area contributed by atoms with Gasteiger partial charge in [0.2, 0.25) is 0 Å². The number of anilines is 1. The first kappa shape index (κ1) is 18.9. The number of amides is 1. The van der Waals surface area contributed by atoms with Gasteiger partial charge in [-0.25, -0.2) is 9.97 Å². The Kier molecular flexibility index (Phi) is 4.88. The zero-order chi connectivity index (χ0) is 20.5. The number of pyridine rings is 1. The molecule has 148 valence electrons. The summed E-state index contributed by atoms with van der Waals surface area (Å²) in [6.07, 6.45) is 4.12. The molecule has 29 heavy (non-hydrogen) atoms. The van der Waals surface area contributed by atoms with Gasteiger partial charge in [0.25, 0.3) is 5.91 Å². The number of hydrogen-bond donors (Lipinski definition) is 1. The Bertz CT molecular complexity index is 1070. The minimum atomic E-state index is -0.0977. The Morgan fingerprint density at radius 1 is 1.14 bits per heavy atom. The predicted octanol–water partition coefficient (Wildman–Crippen LogP) is 2.82. The molecule has 0 radical (unpaired) electrons. The van der Waals surface area contributed by atoms with Gasteiger partial charge in [-0.15, -0.1) is 0 Å². The van der Waals surface area contributed by atoms with Crippen molar-refractivity contribution in [3.8, 4) is 17.1 Å². The number of benzene rings is 1. The summed E-state index contributed by atoms with van der Waals surface area (Å²) in [6, 6.07) is 8.79. The summed E-state index contributed by atoms with van der Waals surface area (Å²) in [5, 5.41) is 9.96. The Hall–Kier alpha value is -3.48. The van der Waals surface area contributed by atoms with E-state index >= 15 is 0 Å². The lowest BCUT2D eigenvalue weighted by molar-refractivity contribution is 0.0730. The summed E-state index contributed by atoms with van der Waals surface area (Å²) in [5.41, 5.74) is 3.93. The largest absolute Gasteiger partial charge is 0.508 e. The monoisotopic (exact) mass is 389 g/mol. The standard InChI is InChI=1S/C22H23N5O2/c1-14-16(5-4-6-19(14)28)22(29)27-12-9-17-18(13-27)24-20(25-21(17)26(2)3)15-7-10-23-11-8-15/h4-8,10-11,28H,9,12-13H2,1-3H3. The van der Waals surface area contributed by atoms with E-state index < -0.39 is 0 Å². The lowest BCUT2D eigenvalue weighted by Gasteiger charge is -2.31. The highest BCUT2D eigenvalue weighted by atomic mass is 16.3. The van der Waals surface area contributed by atoms with Crippen molar-refractivity contribution in [2.45, 2.75) is 19.9 Å². The van der Waals surface area contributed by atoms with E-state index in [0.29, 0.717) is 36.5 Å². The van der Waals surface area contributed by atoms with Crippen LogP contribution in [0.15, 0.2) is 42.7 Å². The molecular weight excluding hydrogens is 366 g/mol. The molecule has 1 N–H and O–H groups in total. The molecule has 1 aliphatic rings. The van der Waals surface area contributed by atoms with Crippen molar-refractivity contribution in [1.82, 2.24) is 19.9 Å². The summed E-state index contributed by atoms with van der Waals surface area (Å²) in [4.78, 5) is 30.5. The summed E-state index contributed by atoms with van der Waals surface area (Å²) in [5.74, 6) is 1.53. The molecule has 0 fully saturated rings. The molecule has 0 saturated heterocycles. The van der Waals surface area contributed by atoms with Crippen molar-refractivity contribution >= 4 is 11.7 Å². The van der Waals surface area contributed by atoms with Crippen LogP contribution in [0.3, 0.4) is 0 Å². The molecular formula is C22H23N5O2. The number of hydrogen-bond acceptors (Lipinski definition) is 6. The van der Waals surface area contributed by atoms with Crippen molar-refractivity contribution in [2.75, 3.05) is 25.5 Å². The van der Waals surface area contributed by atoms with Crippen LogP contribution in [0.4, 0.5) is 5.82 Å². The molecule has 0 aliphatic carbocycles. The number of rotatable bonds is 3. The molecule has 3 heterocycles. The molecule has 7 nitrogen and oxygen atoms in total. The number of phenolic OH excluding ortho intramolecular Hbond substituents is 1. The molecule has 1 aliphatic heterocycles. The summed E-state index contributed by atoms with van der Waals surface area (Å²) in [7, 11) is 3.93. The van der Waals surface area contributed by atoms with Crippen molar-refractivity contribution in [3.05, 3.63) is 65.1 Å². The van der Waals surface area contributed by atoms with E-state index in [1.54, 1.807) is 42.4 Å². The highest BCUT2D eigenvalue weighted by Gasteiger charge is 2.27. The number of carbonyl (C=O) groups is 1. The van der Waals surface area contributed by atoms with Crippen LogP contribution in [0.5, 0.6) is 5.75 Å². The summed E-state index contributed by atoms with van der Waals surface area (Å²) in [6.45, 7) is 2.75. The van der Waals surface area contributed by atoms with Gasteiger partial charge < -0.3 is 14.9 Å². The Morgan fingerprint density at radius 2 is 1.90 bits per heavy atom. The number of aromatic hydroxyl groups is 1. The lowest BCUT2D eigenvalue weighted by atomic mass is 10.0. The first-order chi connectivity index (χ1) is 14.0. The SMILES string of the molecule is Cc1c(O)cccc1C(=O)N1CCc2c(nc(-c3ccncc3)nc2N(C)C)C1. The van der Waals surface area contributed by atoms with Gasteiger partial charge >= 0.3 is 0 Å². The second-order valence-corrected chi connectivity index (χ2v) is 7.35. The van der Waals surface area contributed by atoms with Crippen LogP contribution >= 0.6 is 0 Å². The third-order valence-corrected chi connectivity index (χ3v) is 5.23. The van der Waals surface area contributed by atoms with E-state index in [2.05, 4.69) is 4.98 Å². The van der Waals surface area contributed by atoms with Gasteiger partial charge in [0.15, 0.2) is 5.82 Å². The number of carbonyl (C=O) groups excluding carboxylic acids is 1. The third-order valence-electron chi connectivity index (χ3n) is 5.23. The van der Waals surface area contributed by atoms with Gasteiger partial charge in [0.05, 0.1) is 12.2 Å². The smallest absolute Gasteiger partial charge is 0.254 e. The zero-order valence-corrected chi connectivity index (χ0v) is 16.8. The molecule has 4 rings (SSSR count). The molecule has 0 saturated carbocycles. The molecule has 0 atom stereocenters. The third kappa shape index (κ3) is 3.51. The van der Waals surface area contributed by atoms with Gasteiger partial charge in [0, 0.05) is 55.3 Å².